The van der Waals surface area contributed by atoms with E-state index in [4.69, 9.17) is 24.2 Å². The second-order valence-corrected chi connectivity index (χ2v) is 18.4. The van der Waals surface area contributed by atoms with Crippen LogP contribution in [0, 0.1) is 17.3 Å². The van der Waals surface area contributed by atoms with Crippen LogP contribution in [0.2, 0.25) is 0 Å². The van der Waals surface area contributed by atoms with Crippen molar-refractivity contribution in [3.63, 3.8) is 0 Å². The SMILES string of the molecule is C=CC1C[C@]1(NC(=O)[C@@H]1C[C@@H]2CN1C(=O)[C@H](C(C)(C)C)NC(=O)O[C@H]1C[C@H]1CCCCCc1nc3ccc(OC)cc3nc1O2)C(=O)NS(=O)(=O)C1CC1. The number of aromatic nitrogens is 2. The number of benzene rings is 1. The second kappa shape index (κ2) is 14.3. The molecule has 0 spiro atoms. The number of nitrogens with one attached hydrogen (secondary N) is 3. The molecule has 3 saturated carbocycles. The van der Waals surface area contributed by atoms with Crippen molar-refractivity contribution in [1.29, 1.82) is 0 Å². The van der Waals surface area contributed by atoms with Crippen molar-refractivity contribution in [1.82, 2.24) is 30.2 Å². The average Bonchev–Trinajstić information content (AvgIpc) is 4.04. The Hall–Kier alpha value is -4.47. The van der Waals surface area contributed by atoms with E-state index in [2.05, 4.69) is 21.9 Å². The minimum atomic E-state index is -3.90. The van der Waals surface area contributed by atoms with Crippen LogP contribution in [-0.4, -0.2) is 95.8 Å². The first-order valence-corrected chi connectivity index (χ1v) is 20.5. The monoisotopic (exact) mass is 766 g/mol. The van der Waals surface area contributed by atoms with Crippen LogP contribution in [0.1, 0.15) is 84.3 Å². The van der Waals surface area contributed by atoms with Crippen molar-refractivity contribution < 1.29 is 41.8 Å². The van der Waals surface area contributed by atoms with E-state index in [1.807, 2.05) is 32.9 Å². The standard InChI is InChI=1S/C38H50N6O9S/c1-6-22-19-38(22,35(47)43-54(49,50)25-13-14-25)42-32(45)29-18-24-20-44(29)34(46)31(37(2,3)4)41-36(48)53-30-16-21(30)10-8-7-9-11-27-33(52-24)40-28-17-23(51-5)12-15-26(28)39-27/h6,12,15,17,21-22,24-25,29-31H,1,7-11,13-14,16,18-20H2,2-5H3,(H,41,48)(H,42,45)(H,43,47)/t21-,22?,24-,29+,30+,31-,38-/m1/s1. The molecule has 7 rings (SSSR count). The molecule has 1 aromatic heterocycles. The highest BCUT2D eigenvalue weighted by atomic mass is 32.2. The molecule has 1 saturated heterocycles. The first-order valence-electron chi connectivity index (χ1n) is 18.9. The van der Waals surface area contributed by atoms with Gasteiger partial charge in [0.05, 0.1) is 29.9 Å². The van der Waals surface area contributed by atoms with Gasteiger partial charge in [0, 0.05) is 18.4 Å². The minimum absolute atomic E-state index is 0.0245. The molecule has 2 aliphatic heterocycles. The summed E-state index contributed by atoms with van der Waals surface area (Å²) >= 11 is 0. The Balaban J connectivity index is 1.22. The van der Waals surface area contributed by atoms with E-state index in [0.29, 0.717) is 47.6 Å². The Bertz CT molecular complexity index is 1960. The van der Waals surface area contributed by atoms with E-state index in [1.54, 1.807) is 13.2 Å². The number of nitrogens with zero attached hydrogens (tertiary/aromatic N) is 3. The first-order chi connectivity index (χ1) is 25.6. The fraction of sp³-hybridized carbons (Fsp3) is 0.632. The highest BCUT2D eigenvalue weighted by Gasteiger charge is 2.62. The number of carbonyl (C=O) groups is 4. The van der Waals surface area contributed by atoms with Gasteiger partial charge in [-0.2, -0.15) is 0 Å². The topological polar surface area (TPSA) is 195 Å². The zero-order chi connectivity index (χ0) is 38.6. The van der Waals surface area contributed by atoms with Gasteiger partial charge in [-0.3, -0.25) is 19.1 Å². The van der Waals surface area contributed by atoms with Crippen LogP contribution in [0.25, 0.3) is 11.0 Å². The lowest BCUT2D eigenvalue weighted by Crippen LogP contribution is -2.60. The van der Waals surface area contributed by atoms with Gasteiger partial charge in [-0.15, -0.1) is 6.58 Å². The normalized spacial score (nSPS) is 30.3. The fourth-order valence-electron chi connectivity index (χ4n) is 7.64. The van der Waals surface area contributed by atoms with Crippen LogP contribution < -0.4 is 24.8 Å². The van der Waals surface area contributed by atoms with Crippen molar-refractivity contribution in [2.75, 3.05) is 13.7 Å². The van der Waals surface area contributed by atoms with Crippen LogP contribution in [0.4, 0.5) is 4.79 Å². The Morgan fingerprint density at radius 1 is 1.07 bits per heavy atom. The van der Waals surface area contributed by atoms with Crippen molar-refractivity contribution in [2.24, 2.45) is 17.3 Å². The quantitative estimate of drug-likeness (QED) is 0.350. The maximum atomic E-state index is 14.6. The smallest absolute Gasteiger partial charge is 0.408 e. The summed E-state index contributed by atoms with van der Waals surface area (Å²) in [6, 6.07) is 3.20. The number of hydrogen-bond donors (Lipinski definition) is 3. The van der Waals surface area contributed by atoms with Gasteiger partial charge in [-0.1, -0.05) is 39.7 Å². The number of carbonyl (C=O) groups excluding carboxylic acids is 4. The van der Waals surface area contributed by atoms with Gasteiger partial charge in [-0.25, -0.2) is 23.2 Å². The maximum Gasteiger partial charge on any atom is 0.408 e. The van der Waals surface area contributed by atoms with Crippen LogP contribution in [0.15, 0.2) is 30.9 Å². The van der Waals surface area contributed by atoms with E-state index in [1.165, 1.54) is 11.0 Å². The Morgan fingerprint density at radius 2 is 1.85 bits per heavy atom. The maximum absolute atomic E-state index is 14.6. The van der Waals surface area contributed by atoms with Crippen LogP contribution >= 0.6 is 0 Å². The molecule has 54 heavy (non-hydrogen) atoms. The Morgan fingerprint density at radius 3 is 2.54 bits per heavy atom. The van der Waals surface area contributed by atoms with Gasteiger partial charge >= 0.3 is 6.09 Å². The van der Waals surface area contributed by atoms with Gasteiger partial charge in [0.1, 0.15) is 41.3 Å². The highest BCUT2D eigenvalue weighted by molar-refractivity contribution is 7.91. The largest absolute Gasteiger partial charge is 0.497 e. The Kier molecular flexibility index (Phi) is 10.0. The summed E-state index contributed by atoms with van der Waals surface area (Å²) in [6.07, 6.45) is 5.93. The van der Waals surface area contributed by atoms with E-state index < -0.39 is 74.1 Å². The lowest BCUT2D eigenvalue weighted by atomic mass is 9.85. The van der Waals surface area contributed by atoms with Gasteiger partial charge in [0.25, 0.3) is 5.91 Å². The Labute approximate surface area is 315 Å². The first kappa shape index (κ1) is 37.8. The third kappa shape index (κ3) is 7.85. The van der Waals surface area contributed by atoms with Gasteiger partial charge in [0.15, 0.2) is 0 Å². The number of amides is 4. The van der Waals surface area contributed by atoms with Crippen molar-refractivity contribution in [3.05, 3.63) is 36.5 Å². The fourth-order valence-corrected chi connectivity index (χ4v) is 9.00. The summed E-state index contributed by atoms with van der Waals surface area (Å²) in [5, 5.41) is 4.96. The number of methoxy groups -OCH3 is 1. The molecule has 4 amide bonds. The summed E-state index contributed by atoms with van der Waals surface area (Å²) in [7, 11) is -2.33. The molecule has 1 aromatic carbocycles. The lowest BCUT2D eigenvalue weighted by molar-refractivity contribution is -0.142. The van der Waals surface area contributed by atoms with E-state index in [0.717, 1.165) is 32.1 Å². The van der Waals surface area contributed by atoms with E-state index >= 15 is 0 Å². The van der Waals surface area contributed by atoms with Crippen LogP contribution in [-0.2, 0) is 35.6 Å². The van der Waals surface area contributed by atoms with Crippen molar-refractivity contribution in [3.8, 4) is 11.6 Å². The number of aryl methyl sites for hydroxylation is 1. The average molecular weight is 767 g/mol. The third-order valence-corrected chi connectivity index (χ3v) is 13.1. The number of ether oxygens (including phenoxy) is 3. The van der Waals surface area contributed by atoms with Crippen LogP contribution in [0.3, 0.4) is 0 Å². The molecular weight excluding hydrogens is 717 g/mol. The molecule has 3 N–H and O–H groups in total. The molecule has 4 fully saturated rings. The van der Waals surface area contributed by atoms with Crippen molar-refractivity contribution >= 4 is 44.9 Å². The predicted octanol–water partition coefficient (Wildman–Crippen LogP) is 3.30. The molecule has 3 heterocycles. The third-order valence-electron chi connectivity index (χ3n) is 11.3. The number of rotatable bonds is 7. The molecule has 1 unspecified atom stereocenters. The molecule has 5 aliphatic rings. The molecule has 292 valence electrons. The second-order valence-electron chi connectivity index (χ2n) is 16.5. The van der Waals surface area contributed by atoms with Gasteiger partial charge in [0.2, 0.25) is 27.7 Å². The zero-order valence-corrected chi connectivity index (χ0v) is 32.1. The van der Waals surface area contributed by atoms with Gasteiger partial charge < -0.3 is 29.7 Å². The number of alkyl carbamates (subject to hydrolysis) is 1. The minimum Gasteiger partial charge on any atom is -0.497 e. The summed E-state index contributed by atoms with van der Waals surface area (Å²) in [5.41, 5.74) is -0.451. The van der Waals surface area contributed by atoms with E-state index in [9.17, 15) is 27.6 Å². The molecule has 15 nitrogen and oxygen atoms in total. The lowest BCUT2D eigenvalue weighted by Gasteiger charge is -2.35. The van der Waals surface area contributed by atoms with Gasteiger partial charge in [-0.05, 0) is 68.4 Å². The molecule has 3 aliphatic carbocycles. The summed E-state index contributed by atoms with van der Waals surface area (Å²) in [6.45, 7) is 9.18. The molecule has 0 radical (unpaired) electrons. The molecular formula is C38H50N6O9S. The number of hydrogen-bond acceptors (Lipinski definition) is 11. The summed E-state index contributed by atoms with van der Waals surface area (Å²) in [4.78, 5) is 66.8. The highest BCUT2D eigenvalue weighted by Crippen LogP contribution is 2.46. The summed E-state index contributed by atoms with van der Waals surface area (Å²) in [5.74, 6) is -1.39. The molecule has 7 atom stereocenters. The molecule has 16 heteroatoms. The molecule has 2 bridgehead atoms. The zero-order valence-electron chi connectivity index (χ0n) is 31.3. The van der Waals surface area contributed by atoms with E-state index in [-0.39, 0.29) is 31.4 Å². The number of fused-ring (bicyclic) bond motifs is 5. The molecule has 2 aromatic rings. The van der Waals surface area contributed by atoms with Crippen molar-refractivity contribution in [2.45, 2.75) is 120 Å². The predicted molar refractivity (Wildman–Crippen MR) is 197 cm³/mol. The number of sulfonamides is 1. The summed E-state index contributed by atoms with van der Waals surface area (Å²) < 4.78 is 45.3. The van der Waals surface area contributed by atoms with Crippen LogP contribution in [0.5, 0.6) is 11.6 Å².